The number of amides is 2. The van der Waals surface area contributed by atoms with Crippen molar-refractivity contribution in [3.63, 3.8) is 0 Å². The predicted octanol–water partition coefficient (Wildman–Crippen LogP) is 2.73. The summed E-state index contributed by atoms with van der Waals surface area (Å²) in [7, 11) is 0. The first kappa shape index (κ1) is 21.3. The number of ether oxygens (including phenoxy) is 2. The smallest absolute Gasteiger partial charge is 0.265 e. The van der Waals surface area contributed by atoms with Gasteiger partial charge in [-0.05, 0) is 43.7 Å². The van der Waals surface area contributed by atoms with Crippen molar-refractivity contribution in [2.45, 2.75) is 26.3 Å². The van der Waals surface area contributed by atoms with Crippen LogP contribution in [0.1, 0.15) is 30.6 Å². The molecule has 158 valence electrons. The van der Waals surface area contributed by atoms with E-state index in [0.717, 1.165) is 6.42 Å². The van der Waals surface area contributed by atoms with E-state index in [2.05, 4.69) is 5.32 Å². The normalized spacial score (nSPS) is 13.8. The molecule has 1 atom stereocenters. The molecule has 0 radical (unpaired) electrons. The maximum atomic E-state index is 13.2. The molecule has 3 rings (SSSR count). The minimum absolute atomic E-state index is 0.0130. The average Bonchev–Trinajstić information content (AvgIpc) is 2.73. The number of carbonyl (C=O) groups is 3. The van der Waals surface area contributed by atoms with Crippen LogP contribution in [0.15, 0.2) is 42.5 Å². The zero-order chi connectivity index (χ0) is 21.7. The van der Waals surface area contributed by atoms with Gasteiger partial charge in [-0.3, -0.25) is 19.3 Å². The second kappa shape index (κ2) is 9.39. The van der Waals surface area contributed by atoms with Crippen LogP contribution in [-0.4, -0.2) is 43.4 Å². The van der Waals surface area contributed by atoms with Crippen molar-refractivity contribution in [3.05, 3.63) is 53.8 Å². The lowest BCUT2D eigenvalue weighted by Crippen LogP contribution is -2.46. The van der Waals surface area contributed by atoms with Crippen LogP contribution in [0.25, 0.3) is 0 Å². The highest BCUT2D eigenvalue weighted by Gasteiger charge is 2.28. The third-order valence-corrected chi connectivity index (χ3v) is 4.71. The summed E-state index contributed by atoms with van der Waals surface area (Å²) in [6.45, 7) is 3.17. The summed E-state index contributed by atoms with van der Waals surface area (Å²) in [4.78, 5) is 38.5. The Kier molecular flexibility index (Phi) is 6.66. The second-order valence-electron chi connectivity index (χ2n) is 7.00. The van der Waals surface area contributed by atoms with E-state index < -0.39 is 5.82 Å². The molecule has 0 bridgehead atoms. The summed E-state index contributed by atoms with van der Waals surface area (Å²) in [5.41, 5.74) is 0.637. The predicted molar refractivity (Wildman–Crippen MR) is 108 cm³/mol. The Morgan fingerprint density at radius 2 is 2.07 bits per heavy atom. The lowest BCUT2D eigenvalue weighted by molar-refractivity contribution is -0.125. The number of fused-ring (bicyclic) bond motifs is 1. The molecule has 1 aliphatic rings. The van der Waals surface area contributed by atoms with Gasteiger partial charge >= 0.3 is 0 Å². The summed E-state index contributed by atoms with van der Waals surface area (Å²) in [6.07, 6.45) is 0.767. The van der Waals surface area contributed by atoms with Gasteiger partial charge in [-0.1, -0.05) is 13.0 Å². The number of carbonyl (C=O) groups excluding carboxylic acids is 3. The number of nitrogens with zero attached hydrogens (tertiary/aromatic N) is 1. The lowest BCUT2D eigenvalue weighted by Gasteiger charge is -2.29. The number of hydrogen-bond acceptors (Lipinski definition) is 5. The molecule has 2 aromatic rings. The molecule has 0 unspecified atom stereocenters. The number of ketones is 1. The number of rotatable bonds is 8. The summed E-state index contributed by atoms with van der Waals surface area (Å²) >= 11 is 0. The molecule has 1 heterocycles. The number of nitrogens with one attached hydrogen (secondary N) is 1. The standard InChI is InChI=1S/C22H23FN2O5/c1-3-14(2)24-21(27)11-25-18-9-15(7-8-20(18)30-13-22(25)28)19(26)12-29-17-6-4-5-16(23)10-17/h4-10,14H,3,11-13H2,1-2H3,(H,24,27)/t14-/m0/s1. The maximum Gasteiger partial charge on any atom is 0.265 e. The van der Waals surface area contributed by atoms with Crippen molar-refractivity contribution in [2.24, 2.45) is 0 Å². The van der Waals surface area contributed by atoms with E-state index in [1.807, 2.05) is 13.8 Å². The third kappa shape index (κ3) is 5.14. The quantitative estimate of drug-likeness (QED) is 0.672. The van der Waals surface area contributed by atoms with E-state index in [-0.39, 0.29) is 54.7 Å². The van der Waals surface area contributed by atoms with E-state index in [4.69, 9.17) is 9.47 Å². The largest absolute Gasteiger partial charge is 0.485 e. The first-order valence-corrected chi connectivity index (χ1v) is 9.65. The number of anilines is 1. The molecule has 2 amide bonds. The summed E-state index contributed by atoms with van der Waals surface area (Å²) < 4.78 is 24.0. The highest BCUT2D eigenvalue weighted by molar-refractivity contribution is 6.04. The van der Waals surface area contributed by atoms with Crippen LogP contribution in [0.3, 0.4) is 0 Å². The minimum Gasteiger partial charge on any atom is -0.485 e. The molecule has 0 spiro atoms. The fourth-order valence-corrected chi connectivity index (χ4v) is 2.90. The van der Waals surface area contributed by atoms with Gasteiger partial charge in [-0.2, -0.15) is 0 Å². The van der Waals surface area contributed by atoms with Gasteiger partial charge in [0, 0.05) is 17.7 Å². The summed E-state index contributed by atoms with van der Waals surface area (Å²) in [6, 6.07) is 10.1. The maximum absolute atomic E-state index is 13.2. The molecule has 8 heteroatoms. The molecule has 0 saturated carbocycles. The third-order valence-electron chi connectivity index (χ3n) is 4.71. The lowest BCUT2D eigenvalue weighted by atomic mass is 10.1. The van der Waals surface area contributed by atoms with Gasteiger partial charge in [0.2, 0.25) is 5.91 Å². The summed E-state index contributed by atoms with van der Waals surface area (Å²) in [5, 5.41) is 2.82. The molecule has 0 aromatic heterocycles. The Morgan fingerprint density at radius 3 is 2.80 bits per heavy atom. The van der Waals surface area contributed by atoms with E-state index in [0.29, 0.717) is 11.4 Å². The Hall–Kier alpha value is -3.42. The molecule has 2 aromatic carbocycles. The molecule has 0 saturated heterocycles. The number of hydrogen-bond donors (Lipinski definition) is 1. The van der Waals surface area contributed by atoms with Crippen molar-refractivity contribution < 1.29 is 28.2 Å². The zero-order valence-electron chi connectivity index (χ0n) is 16.8. The zero-order valence-corrected chi connectivity index (χ0v) is 16.8. The first-order chi connectivity index (χ1) is 14.4. The monoisotopic (exact) mass is 414 g/mol. The SMILES string of the molecule is CC[C@H](C)NC(=O)CN1C(=O)COc2ccc(C(=O)COc3cccc(F)c3)cc21. The van der Waals surface area contributed by atoms with Crippen molar-refractivity contribution in [1.82, 2.24) is 5.32 Å². The van der Waals surface area contributed by atoms with E-state index >= 15 is 0 Å². The van der Waals surface area contributed by atoms with Gasteiger partial charge in [0.05, 0.1) is 5.69 Å². The van der Waals surface area contributed by atoms with Crippen LogP contribution < -0.4 is 19.7 Å². The molecular weight excluding hydrogens is 391 g/mol. The molecule has 7 nitrogen and oxygen atoms in total. The van der Waals surface area contributed by atoms with Crippen LogP contribution in [0.2, 0.25) is 0 Å². The number of halogens is 1. The van der Waals surface area contributed by atoms with Gasteiger partial charge in [0.1, 0.15) is 23.9 Å². The molecule has 1 aliphatic heterocycles. The Labute approximate surface area is 173 Å². The van der Waals surface area contributed by atoms with Crippen LogP contribution in [0, 0.1) is 5.82 Å². The summed E-state index contributed by atoms with van der Waals surface area (Å²) in [5.74, 6) is -0.837. The highest BCUT2D eigenvalue weighted by Crippen LogP contribution is 2.33. The van der Waals surface area contributed by atoms with Crippen molar-refractivity contribution in [2.75, 3.05) is 24.7 Å². The van der Waals surface area contributed by atoms with E-state index in [1.54, 1.807) is 18.2 Å². The average molecular weight is 414 g/mol. The van der Waals surface area contributed by atoms with Crippen molar-refractivity contribution in [3.8, 4) is 11.5 Å². The Bertz CT molecular complexity index is 962. The number of benzene rings is 2. The van der Waals surface area contributed by atoms with Gasteiger partial charge in [0.25, 0.3) is 5.91 Å². The van der Waals surface area contributed by atoms with E-state index in [1.165, 1.54) is 29.2 Å². The van der Waals surface area contributed by atoms with Gasteiger partial charge in [-0.25, -0.2) is 4.39 Å². The fourth-order valence-electron chi connectivity index (χ4n) is 2.90. The fraction of sp³-hybridized carbons (Fsp3) is 0.318. The van der Waals surface area contributed by atoms with Crippen molar-refractivity contribution in [1.29, 1.82) is 0 Å². The Morgan fingerprint density at radius 1 is 1.27 bits per heavy atom. The first-order valence-electron chi connectivity index (χ1n) is 9.65. The highest BCUT2D eigenvalue weighted by atomic mass is 19.1. The molecule has 0 aliphatic carbocycles. The van der Waals surface area contributed by atoms with Gasteiger partial charge in [-0.15, -0.1) is 0 Å². The molecule has 1 N–H and O–H groups in total. The van der Waals surface area contributed by atoms with Crippen LogP contribution >= 0.6 is 0 Å². The molecular formula is C22H23FN2O5. The molecule has 30 heavy (non-hydrogen) atoms. The van der Waals surface area contributed by atoms with Gasteiger partial charge < -0.3 is 14.8 Å². The second-order valence-corrected chi connectivity index (χ2v) is 7.00. The number of Topliss-reactive ketones (excluding diaryl/α,β-unsaturated/α-hetero) is 1. The topological polar surface area (TPSA) is 84.9 Å². The van der Waals surface area contributed by atoms with Crippen LogP contribution in [0.5, 0.6) is 11.5 Å². The Balaban J connectivity index is 1.74. The van der Waals surface area contributed by atoms with Crippen LogP contribution in [-0.2, 0) is 9.59 Å². The van der Waals surface area contributed by atoms with E-state index in [9.17, 15) is 18.8 Å². The van der Waals surface area contributed by atoms with Crippen LogP contribution in [0.4, 0.5) is 10.1 Å². The van der Waals surface area contributed by atoms with Crippen molar-refractivity contribution >= 4 is 23.3 Å². The molecule has 0 fully saturated rings. The minimum atomic E-state index is -0.462. The van der Waals surface area contributed by atoms with Gasteiger partial charge in [0.15, 0.2) is 19.0 Å².